The standard InChI is InChI=1S/C19H23N3O/c1-14-5-6-18-16(12-14)19(22-10-8-21(2)9-11-22)15-4-3-7-20-17(15)13-23-18/h3-7,12,19H,8-11,13H2,1-2H3. The van der Waals surface area contributed by atoms with Crippen molar-refractivity contribution < 1.29 is 4.74 Å². The Bertz CT molecular complexity index is 708. The SMILES string of the molecule is Cc1ccc2c(c1)C(N1CCN(C)CC1)c1cccnc1CO2. The second-order valence-corrected chi connectivity index (χ2v) is 6.61. The van der Waals surface area contributed by atoms with Crippen LogP contribution in [-0.4, -0.2) is 48.0 Å². The first-order valence-electron chi connectivity index (χ1n) is 8.32. The molecule has 23 heavy (non-hydrogen) atoms. The first-order valence-corrected chi connectivity index (χ1v) is 8.32. The van der Waals surface area contributed by atoms with Crippen LogP contribution in [0.25, 0.3) is 0 Å². The zero-order valence-electron chi connectivity index (χ0n) is 13.8. The van der Waals surface area contributed by atoms with Crippen molar-refractivity contribution in [1.29, 1.82) is 0 Å². The van der Waals surface area contributed by atoms with Gasteiger partial charge in [-0.25, -0.2) is 0 Å². The molecule has 0 saturated carbocycles. The predicted molar refractivity (Wildman–Crippen MR) is 90.7 cm³/mol. The van der Waals surface area contributed by atoms with E-state index in [0.29, 0.717) is 6.61 Å². The van der Waals surface area contributed by atoms with E-state index in [-0.39, 0.29) is 6.04 Å². The Labute approximate surface area is 137 Å². The second-order valence-electron chi connectivity index (χ2n) is 6.61. The third-order valence-corrected chi connectivity index (χ3v) is 4.95. The molecule has 0 aliphatic carbocycles. The first-order chi connectivity index (χ1) is 11.2. The first kappa shape index (κ1) is 14.7. The van der Waals surface area contributed by atoms with E-state index in [4.69, 9.17) is 4.74 Å². The molecule has 1 aromatic carbocycles. The van der Waals surface area contributed by atoms with Gasteiger partial charge in [-0.3, -0.25) is 9.88 Å². The van der Waals surface area contributed by atoms with Crippen molar-refractivity contribution in [3.05, 3.63) is 58.9 Å². The molecule has 120 valence electrons. The van der Waals surface area contributed by atoms with Gasteiger partial charge in [-0.05, 0) is 31.7 Å². The van der Waals surface area contributed by atoms with Crippen molar-refractivity contribution in [1.82, 2.24) is 14.8 Å². The van der Waals surface area contributed by atoms with Crippen molar-refractivity contribution in [2.75, 3.05) is 33.2 Å². The Hall–Kier alpha value is -1.91. The number of ether oxygens (including phenoxy) is 1. The Morgan fingerprint density at radius 2 is 1.91 bits per heavy atom. The molecule has 2 aliphatic heterocycles. The number of piperazine rings is 1. The van der Waals surface area contributed by atoms with Crippen LogP contribution in [0.3, 0.4) is 0 Å². The number of pyridine rings is 1. The normalized spacial score (nSPS) is 21.9. The van der Waals surface area contributed by atoms with Crippen LogP contribution in [0.2, 0.25) is 0 Å². The molecule has 0 radical (unpaired) electrons. The zero-order valence-corrected chi connectivity index (χ0v) is 13.8. The minimum absolute atomic E-state index is 0.241. The number of hydrogen-bond acceptors (Lipinski definition) is 4. The molecule has 0 amide bonds. The van der Waals surface area contributed by atoms with Crippen LogP contribution < -0.4 is 4.74 Å². The van der Waals surface area contributed by atoms with Gasteiger partial charge in [-0.1, -0.05) is 23.8 Å². The van der Waals surface area contributed by atoms with Gasteiger partial charge in [0.1, 0.15) is 12.4 Å². The molecule has 4 rings (SSSR count). The smallest absolute Gasteiger partial charge is 0.131 e. The van der Waals surface area contributed by atoms with Crippen molar-refractivity contribution in [3.63, 3.8) is 0 Å². The van der Waals surface area contributed by atoms with Gasteiger partial charge in [0, 0.05) is 37.9 Å². The summed E-state index contributed by atoms with van der Waals surface area (Å²) in [5.74, 6) is 0.998. The largest absolute Gasteiger partial charge is 0.487 e. The van der Waals surface area contributed by atoms with Crippen LogP contribution in [-0.2, 0) is 6.61 Å². The maximum absolute atomic E-state index is 6.07. The van der Waals surface area contributed by atoms with Gasteiger partial charge in [0.15, 0.2) is 0 Å². The van der Waals surface area contributed by atoms with Crippen LogP contribution in [0, 0.1) is 6.92 Å². The van der Waals surface area contributed by atoms with Crippen molar-refractivity contribution in [2.24, 2.45) is 0 Å². The zero-order chi connectivity index (χ0) is 15.8. The van der Waals surface area contributed by atoms with Gasteiger partial charge in [-0.15, -0.1) is 0 Å². The maximum atomic E-state index is 6.07. The van der Waals surface area contributed by atoms with Crippen LogP contribution in [0.5, 0.6) is 5.75 Å². The predicted octanol–water partition coefficient (Wildman–Crippen LogP) is 2.62. The molecular formula is C19H23N3O. The summed E-state index contributed by atoms with van der Waals surface area (Å²) in [6.07, 6.45) is 1.87. The van der Waals surface area contributed by atoms with Gasteiger partial charge < -0.3 is 9.64 Å². The molecule has 0 N–H and O–H groups in total. The summed E-state index contributed by atoms with van der Waals surface area (Å²) in [6, 6.07) is 11.0. The van der Waals surface area contributed by atoms with Crippen LogP contribution >= 0.6 is 0 Å². The fourth-order valence-electron chi connectivity index (χ4n) is 3.62. The van der Waals surface area contributed by atoms with E-state index in [1.165, 1.54) is 16.7 Å². The van der Waals surface area contributed by atoms with E-state index in [1.807, 2.05) is 12.3 Å². The molecule has 1 atom stereocenters. The van der Waals surface area contributed by atoms with E-state index in [0.717, 1.165) is 37.6 Å². The fourth-order valence-corrected chi connectivity index (χ4v) is 3.62. The summed E-state index contributed by atoms with van der Waals surface area (Å²) in [6.45, 7) is 7.06. The van der Waals surface area contributed by atoms with E-state index in [2.05, 4.69) is 53.0 Å². The van der Waals surface area contributed by atoms with Crippen molar-refractivity contribution >= 4 is 0 Å². The molecule has 1 saturated heterocycles. The minimum Gasteiger partial charge on any atom is -0.487 e. The highest BCUT2D eigenvalue weighted by molar-refractivity contribution is 5.46. The Kier molecular flexibility index (Phi) is 3.79. The number of likely N-dealkylation sites (N-methyl/N-ethyl adjacent to an activating group) is 1. The summed E-state index contributed by atoms with van der Waals surface area (Å²) in [5, 5.41) is 0. The van der Waals surface area contributed by atoms with E-state index in [1.54, 1.807) is 0 Å². The lowest BCUT2D eigenvalue weighted by Gasteiger charge is -2.38. The summed E-state index contributed by atoms with van der Waals surface area (Å²) in [4.78, 5) is 9.55. The quantitative estimate of drug-likeness (QED) is 0.810. The maximum Gasteiger partial charge on any atom is 0.131 e. The highest BCUT2D eigenvalue weighted by atomic mass is 16.5. The summed E-state index contributed by atoms with van der Waals surface area (Å²) in [5.41, 5.74) is 4.91. The molecule has 1 aromatic heterocycles. The third-order valence-electron chi connectivity index (χ3n) is 4.95. The Balaban J connectivity index is 1.83. The van der Waals surface area contributed by atoms with E-state index >= 15 is 0 Å². The molecule has 0 spiro atoms. The minimum atomic E-state index is 0.241. The lowest BCUT2D eigenvalue weighted by atomic mass is 9.94. The van der Waals surface area contributed by atoms with Crippen molar-refractivity contribution in [3.8, 4) is 5.75 Å². The highest BCUT2D eigenvalue weighted by Crippen LogP contribution is 2.39. The van der Waals surface area contributed by atoms with Gasteiger partial charge in [0.2, 0.25) is 0 Å². The van der Waals surface area contributed by atoms with Crippen LogP contribution in [0.1, 0.15) is 28.4 Å². The molecule has 2 aliphatic rings. The highest BCUT2D eigenvalue weighted by Gasteiger charge is 2.31. The van der Waals surface area contributed by atoms with Gasteiger partial charge in [-0.2, -0.15) is 0 Å². The van der Waals surface area contributed by atoms with E-state index < -0.39 is 0 Å². The summed E-state index contributed by atoms with van der Waals surface area (Å²) in [7, 11) is 2.20. The molecular weight excluding hydrogens is 286 g/mol. The Morgan fingerprint density at radius 1 is 1.09 bits per heavy atom. The number of nitrogens with zero attached hydrogens (tertiary/aromatic N) is 3. The second kappa shape index (κ2) is 5.95. The molecule has 4 heteroatoms. The Morgan fingerprint density at radius 3 is 2.74 bits per heavy atom. The lowest BCUT2D eigenvalue weighted by Crippen LogP contribution is -2.46. The number of fused-ring (bicyclic) bond motifs is 2. The topological polar surface area (TPSA) is 28.6 Å². The fraction of sp³-hybridized carbons (Fsp3) is 0.421. The van der Waals surface area contributed by atoms with Gasteiger partial charge >= 0.3 is 0 Å². The molecule has 1 unspecified atom stereocenters. The summed E-state index contributed by atoms with van der Waals surface area (Å²) >= 11 is 0. The number of aromatic nitrogens is 1. The van der Waals surface area contributed by atoms with Crippen molar-refractivity contribution in [2.45, 2.75) is 19.6 Å². The monoisotopic (exact) mass is 309 g/mol. The van der Waals surface area contributed by atoms with Gasteiger partial charge in [0.05, 0.1) is 11.7 Å². The van der Waals surface area contributed by atoms with Gasteiger partial charge in [0.25, 0.3) is 0 Å². The molecule has 2 aromatic rings. The average molecular weight is 309 g/mol. The van der Waals surface area contributed by atoms with Crippen LogP contribution in [0.15, 0.2) is 36.5 Å². The lowest BCUT2D eigenvalue weighted by molar-refractivity contribution is 0.127. The van der Waals surface area contributed by atoms with E-state index in [9.17, 15) is 0 Å². The number of aryl methyl sites for hydroxylation is 1. The summed E-state index contributed by atoms with van der Waals surface area (Å²) < 4.78 is 6.07. The molecule has 1 fully saturated rings. The average Bonchev–Trinajstić information content (AvgIpc) is 2.72. The number of rotatable bonds is 1. The van der Waals surface area contributed by atoms with Crippen LogP contribution in [0.4, 0.5) is 0 Å². The molecule has 4 nitrogen and oxygen atoms in total. The molecule has 0 bridgehead atoms. The molecule has 3 heterocycles. The number of hydrogen-bond donors (Lipinski definition) is 0. The third kappa shape index (κ3) is 2.73. The number of benzene rings is 1.